The van der Waals surface area contributed by atoms with E-state index in [1.54, 1.807) is 37.5 Å². The van der Waals surface area contributed by atoms with Gasteiger partial charge in [-0.25, -0.2) is 19.2 Å². The van der Waals surface area contributed by atoms with E-state index in [9.17, 15) is 18.8 Å². The number of aryl methyl sites for hydroxylation is 1. The maximum atomic E-state index is 13.7. The molecule has 11 heteroatoms. The summed E-state index contributed by atoms with van der Waals surface area (Å²) in [6.07, 6.45) is 5.21. The molecule has 0 atom stereocenters. The van der Waals surface area contributed by atoms with Crippen LogP contribution in [0.15, 0.2) is 46.1 Å². The third kappa shape index (κ3) is 6.75. The maximum absolute atomic E-state index is 13.7. The van der Waals surface area contributed by atoms with Crippen LogP contribution in [0, 0.1) is 30.0 Å². The summed E-state index contributed by atoms with van der Waals surface area (Å²) in [4.78, 5) is 47.6. The van der Waals surface area contributed by atoms with Crippen molar-refractivity contribution in [2.24, 2.45) is 17.3 Å². The minimum absolute atomic E-state index is 0.111. The van der Waals surface area contributed by atoms with E-state index in [4.69, 9.17) is 9.47 Å². The highest BCUT2D eigenvalue weighted by molar-refractivity contribution is 5.75. The number of hydrogen-bond acceptors (Lipinski definition) is 8. The van der Waals surface area contributed by atoms with E-state index >= 15 is 0 Å². The van der Waals surface area contributed by atoms with Gasteiger partial charge in [0.1, 0.15) is 17.5 Å². The molecule has 3 aromatic heterocycles. The second-order valence-corrected chi connectivity index (χ2v) is 11.2. The van der Waals surface area contributed by atoms with Crippen LogP contribution in [-0.4, -0.2) is 32.2 Å². The van der Waals surface area contributed by atoms with Crippen LogP contribution in [0.2, 0.25) is 0 Å². The van der Waals surface area contributed by atoms with Gasteiger partial charge >= 0.3 is 11.7 Å². The number of pyridine rings is 2. The molecule has 1 N–H and O–H groups in total. The Labute approximate surface area is 232 Å². The Morgan fingerprint density at radius 2 is 1.85 bits per heavy atom. The van der Waals surface area contributed by atoms with Crippen LogP contribution in [0.4, 0.5) is 16.0 Å². The van der Waals surface area contributed by atoms with Gasteiger partial charge in [0.2, 0.25) is 5.88 Å². The first-order chi connectivity index (χ1) is 19.0. The maximum Gasteiger partial charge on any atom is 0.332 e. The fourth-order valence-corrected chi connectivity index (χ4v) is 4.94. The molecule has 214 valence electrons. The predicted molar refractivity (Wildman–Crippen MR) is 148 cm³/mol. The number of hydrogen-bond donors (Lipinski definition) is 1. The SMILES string of the molecule is COC(=O)C(C)(C)Cn1c(=O)cc(Nc2ccc(Oc3ccc(F)cn3)c(C)n2)n(CC2CCC(C)CC2)c1=O. The topological polar surface area (TPSA) is 117 Å². The lowest BCUT2D eigenvalue weighted by molar-refractivity contribution is -0.151. The lowest BCUT2D eigenvalue weighted by Crippen LogP contribution is -2.45. The summed E-state index contributed by atoms with van der Waals surface area (Å²) in [5, 5.41) is 3.14. The average Bonchev–Trinajstić information content (AvgIpc) is 2.92. The zero-order valence-corrected chi connectivity index (χ0v) is 23.6. The number of rotatable bonds is 9. The van der Waals surface area contributed by atoms with Crippen LogP contribution in [0.25, 0.3) is 0 Å². The van der Waals surface area contributed by atoms with Crippen molar-refractivity contribution in [1.29, 1.82) is 0 Å². The van der Waals surface area contributed by atoms with Gasteiger partial charge in [0.15, 0.2) is 5.75 Å². The third-order valence-corrected chi connectivity index (χ3v) is 7.35. The molecular weight excluding hydrogens is 517 g/mol. The van der Waals surface area contributed by atoms with Crippen molar-refractivity contribution in [3.8, 4) is 11.6 Å². The van der Waals surface area contributed by atoms with Crippen molar-refractivity contribution in [1.82, 2.24) is 19.1 Å². The smallest absolute Gasteiger partial charge is 0.332 e. The number of anilines is 2. The molecule has 1 fully saturated rings. The van der Waals surface area contributed by atoms with Crippen LogP contribution >= 0.6 is 0 Å². The molecule has 0 saturated heterocycles. The van der Waals surface area contributed by atoms with Gasteiger partial charge in [0.05, 0.1) is 24.4 Å². The normalized spacial score (nSPS) is 17.4. The fraction of sp³-hybridized carbons (Fsp3) is 0.483. The highest BCUT2D eigenvalue weighted by Crippen LogP contribution is 2.30. The molecule has 0 amide bonds. The predicted octanol–water partition coefficient (Wildman–Crippen LogP) is 4.81. The largest absolute Gasteiger partial charge is 0.469 e. The first kappa shape index (κ1) is 29.0. The summed E-state index contributed by atoms with van der Waals surface area (Å²) in [5.41, 5.74) is -1.57. The zero-order valence-electron chi connectivity index (χ0n) is 23.6. The van der Waals surface area contributed by atoms with Crippen molar-refractivity contribution in [2.75, 3.05) is 12.4 Å². The quantitative estimate of drug-likeness (QED) is 0.375. The Morgan fingerprint density at radius 3 is 2.48 bits per heavy atom. The lowest BCUT2D eigenvalue weighted by atomic mass is 9.83. The van der Waals surface area contributed by atoms with E-state index in [1.165, 1.54) is 25.3 Å². The van der Waals surface area contributed by atoms with E-state index in [1.807, 2.05) is 0 Å². The van der Waals surface area contributed by atoms with Crippen molar-refractivity contribution < 1.29 is 18.7 Å². The van der Waals surface area contributed by atoms with E-state index in [0.717, 1.165) is 36.4 Å². The highest BCUT2D eigenvalue weighted by atomic mass is 19.1. The Bertz CT molecular complexity index is 1470. The molecule has 0 radical (unpaired) electrons. The number of carbonyl (C=O) groups excluding carboxylic acids is 1. The summed E-state index contributed by atoms with van der Waals surface area (Å²) in [6.45, 7) is 7.58. The molecule has 40 heavy (non-hydrogen) atoms. The van der Waals surface area contributed by atoms with Crippen molar-refractivity contribution in [3.63, 3.8) is 0 Å². The molecular formula is C29H36FN5O5. The van der Waals surface area contributed by atoms with Gasteiger partial charge in [-0.3, -0.25) is 18.7 Å². The summed E-state index contributed by atoms with van der Waals surface area (Å²) < 4.78 is 26.4. The summed E-state index contributed by atoms with van der Waals surface area (Å²) in [5.74, 6) is 1.34. The lowest BCUT2D eigenvalue weighted by Gasteiger charge is -2.28. The number of halogens is 1. The molecule has 0 aromatic carbocycles. The van der Waals surface area contributed by atoms with Gasteiger partial charge in [-0.1, -0.05) is 19.8 Å². The highest BCUT2D eigenvalue weighted by Gasteiger charge is 2.31. The van der Waals surface area contributed by atoms with Gasteiger partial charge < -0.3 is 14.8 Å². The fourth-order valence-electron chi connectivity index (χ4n) is 4.94. The second kappa shape index (κ2) is 12.0. The zero-order chi connectivity index (χ0) is 29.0. The van der Waals surface area contributed by atoms with Gasteiger partial charge in [0, 0.05) is 25.2 Å². The monoisotopic (exact) mass is 553 g/mol. The van der Waals surface area contributed by atoms with E-state index < -0.39 is 28.5 Å². The molecule has 0 spiro atoms. The molecule has 0 bridgehead atoms. The Kier molecular flexibility index (Phi) is 8.70. The third-order valence-electron chi connectivity index (χ3n) is 7.35. The molecule has 4 rings (SSSR count). The average molecular weight is 554 g/mol. The van der Waals surface area contributed by atoms with Gasteiger partial charge in [0.25, 0.3) is 5.56 Å². The van der Waals surface area contributed by atoms with Crippen LogP contribution in [-0.2, 0) is 22.6 Å². The molecule has 3 aromatic rings. The van der Waals surface area contributed by atoms with Crippen molar-refractivity contribution in [2.45, 2.75) is 66.5 Å². The molecule has 1 aliphatic rings. The standard InChI is InChI=1S/C29H36FN5O5/c1-18-6-8-20(9-7-18)16-34-24(14-26(36)35(28(34)38)17-29(3,4)27(37)39-5)33-23-12-11-22(19(2)32-23)40-25-13-10-21(30)15-31-25/h10-15,18,20H,6-9,16-17H2,1-5H3,(H,32,33). The molecule has 1 aliphatic carbocycles. The van der Waals surface area contributed by atoms with Crippen LogP contribution in [0.1, 0.15) is 52.1 Å². The molecule has 3 heterocycles. The van der Waals surface area contributed by atoms with Crippen LogP contribution in [0.3, 0.4) is 0 Å². The van der Waals surface area contributed by atoms with Crippen molar-refractivity contribution >= 4 is 17.6 Å². The Hall–Kier alpha value is -4.02. The van der Waals surface area contributed by atoms with Crippen LogP contribution in [0.5, 0.6) is 11.6 Å². The summed E-state index contributed by atoms with van der Waals surface area (Å²) in [7, 11) is 1.28. The minimum atomic E-state index is -1.07. The molecule has 1 saturated carbocycles. The number of carbonyl (C=O) groups is 1. The summed E-state index contributed by atoms with van der Waals surface area (Å²) in [6, 6.07) is 7.38. The van der Waals surface area contributed by atoms with Crippen LogP contribution < -0.4 is 21.3 Å². The number of esters is 1. The van der Waals surface area contributed by atoms with E-state index in [2.05, 4.69) is 22.2 Å². The van der Waals surface area contributed by atoms with Gasteiger partial charge in [-0.2, -0.15) is 0 Å². The Morgan fingerprint density at radius 1 is 1.12 bits per heavy atom. The van der Waals surface area contributed by atoms with E-state index in [-0.39, 0.29) is 18.3 Å². The minimum Gasteiger partial charge on any atom is -0.469 e. The van der Waals surface area contributed by atoms with Gasteiger partial charge in [-0.05, 0) is 63.6 Å². The molecule has 10 nitrogen and oxygen atoms in total. The summed E-state index contributed by atoms with van der Waals surface area (Å²) >= 11 is 0. The van der Waals surface area contributed by atoms with Gasteiger partial charge in [-0.15, -0.1) is 0 Å². The number of nitrogens with zero attached hydrogens (tertiary/aromatic N) is 4. The number of aromatic nitrogens is 4. The molecule has 0 unspecified atom stereocenters. The van der Waals surface area contributed by atoms with Crippen molar-refractivity contribution in [3.05, 3.63) is 68.9 Å². The Balaban J connectivity index is 1.66. The first-order valence-electron chi connectivity index (χ1n) is 13.4. The number of methoxy groups -OCH3 is 1. The number of nitrogens with one attached hydrogen (secondary N) is 1. The second-order valence-electron chi connectivity index (χ2n) is 11.2. The number of ether oxygens (including phenoxy) is 2. The first-order valence-corrected chi connectivity index (χ1v) is 13.4. The van der Waals surface area contributed by atoms with E-state index in [0.29, 0.717) is 35.5 Å². The molecule has 0 aliphatic heterocycles.